The van der Waals surface area contributed by atoms with E-state index in [0.717, 1.165) is 13.0 Å². The molecule has 2 saturated heterocycles. The molecule has 4 heteroatoms. The molecule has 2 aliphatic heterocycles. The van der Waals surface area contributed by atoms with Crippen molar-refractivity contribution in [2.45, 2.75) is 38.8 Å². The zero-order chi connectivity index (χ0) is 11.2. The van der Waals surface area contributed by atoms with Crippen LogP contribution in [0, 0.1) is 11.8 Å². The van der Waals surface area contributed by atoms with Crippen LogP contribution in [0.25, 0.3) is 0 Å². The Kier molecular flexibility index (Phi) is 2.41. The molecule has 3 rings (SSSR count). The van der Waals surface area contributed by atoms with Gasteiger partial charge < -0.3 is 15.4 Å². The van der Waals surface area contributed by atoms with E-state index in [4.69, 9.17) is 10.5 Å². The summed E-state index contributed by atoms with van der Waals surface area (Å²) in [6.45, 7) is 7.21. The average molecular weight is 212 g/mol. The number of carbonyl (C=O) groups excluding carboxylic acids is 1. The SMILES string of the molecule is CC(C)(C)OC(=O)N1C[C@@H]2C[C@H]1C2CN. The second-order valence-electron chi connectivity index (χ2n) is 5.60. The molecule has 2 heterocycles. The summed E-state index contributed by atoms with van der Waals surface area (Å²) in [5.74, 6) is 1.13. The first kappa shape index (κ1) is 10.7. The zero-order valence-electron chi connectivity index (χ0n) is 9.69. The number of hydrogen-bond donors (Lipinski definition) is 1. The van der Waals surface area contributed by atoms with Crippen molar-refractivity contribution in [3.8, 4) is 0 Å². The Morgan fingerprint density at radius 1 is 1.53 bits per heavy atom. The maximum atomic E-state index is 11.8. The largest absolute Gasteiger partial charge is 0.444 e. The first-order chi connectivity index (χ1) is 6.92. The standard InChI is InChI=1S/C11H20N2O2/c1-11(2,3)15-10(14)13-6-7-4-9(13)8(7)5-12/h7-9H,4-6,12H2,1-3H3/t7-,8?,9-/m0/s1. The lowest BCUT2D eigenvalue weighted by Crippen LogP contribution is -2.45. The molecule has 0 spiro atoms. The highest BCUT2D eigenvalue weighted by Crippen LogP contribution is 2.46. The van der Waals surface area contributed by atoms with Gasteiger partial charge in [0.25, 0.3) is 0 Å². The fourth-order valence-electron chi connectivity index (χ4n) is 2.61. The molecule has 2 bridgehead atoms. The molecule has 3 aliphatic rings. The van der Waals surface area contributed by atoms with Gasteiger partial charge in [-0.05, 0) is 45.6 Å². The second kappa shape index (κ2) is 3.37. The molecule has 1 saturated carbocycles. The summed E-state index contributed by atoms with van der Waals surface area (Å²) in [7, 11) is 0. The van der Waals surface area contributed by atoms with E-state index < -0.39 is 5.60 Å². The summed E-state index contributed by atoms with van der Waals surface area (Å²) < 4.78 is 5.36. The van der Waals surface area contributed by atoms with Crippen molar-refractivity contribution in [3.63, 3.8) is 0 Å². The highest BCUT2D eigenvalue weighted by Gasteiger charge is 2.53. The van der Waals surface area contributed by atoms with Crippen LogP contribution in [0.2, 0.25) is 0 Å². The van der Waals surface area contributed by atoms with Crippen molar-refractivity contribution >= 4 is 6.09 Å². The van der Waals surface area contributed by atoms with E-state index in [1.54, 1.807) is 0 Å². The fourth-order valence-corrected chi connectivity index (χ4v) is 2.61. The van der Waals surface area contributed by atoms with Crippen LogP contribution >= 0.6 is 0 Å². The van der Waals surface area contributed by atoms with Gasteiger partial charge in [0.1, 0.15) is 5.60 Å². The Hall–Kier alpha value is -0.770. The molecule has 0 aromatic heterocycles. The van der Waals surface area contributed by atoms with Crippen LogP contribution in [-0.2, 0) is 4.74 Å². The van der Waals surface area contributed by atoms with Gasteiger partial charge in [0, 0.05) is 12.6 Å². The maximum Gasteiger partial charge on any atom is 0.410 e. The third kappa shape index (κ3) is 1.83. The molecule has 1 amide bonds. The molecule has 2 N–H and O–H groups in total. The Morgan fingerprint density at radius 3 is 2.67 bits per heavy atom. The third-order valence-corrected chi connectivity index (χ3v) is 3.38. The van der Waals surface area contributed by atoms with E-state index in [0.29, 0.717) is 24.4 Å². The van der Waals surface area contributed by atoms with Crippen LogP contribution < -0.4 is 5.73 Å². The number of rotatable bonds is 1. The van der Waals surface area contributed by atoms with Crippen LogP contribution in [0.1, 0.15) is 27.2 Å². The van der Waals surface area contributed by atoms with E-state index in [-0.39, 0.29) is 6.09 Å². The zero-order valence-corrected chi connectivity index (χ0v) is 9.69. The number of nitrogens with two attached hydrogens (primary N) is 1. The summed E-state index contributed by atoms with van der Waals surface area (Å²) in [5, 5.41) is 0. The Morgan fingerprint density at radius 2 is 2.20 bits per heavy atom. The number of fused-ring (bicyclic) bond motifs is 1. The molecule has 0 radical (unpaired) electrons. The van der Waals surface area contributed by atoms with Gasteiger partial charge in [0.2, 0.25) is 0 Å². The molecule has 3 atom stereocenters. The normalized spacial score (nSPS) is 33.9. The first-order valence-electron chi connectivity index (χ1n) is 5.62. The van der Waals surface area contributed by atoms with Crippen molar-refractivity contribution in [1.82, 2.24) is 4.90 Å². The van der Waals surface area contributed by atoms with Crippen molar-refractivity contribution in [2.24, 2.45) is 17.6 Å². The van der Waals surface area contributed by atoms with Gasteiger partial charge in [-0.1, -0.05) is 0 Å². The predicted molar refractivity (Wildman–Crippen MR) is 57.4 cm³/mol. The van der Waals surface area contributed by atoms with Crippen LogP contribution in [0.4, 0.5) is 4.79 Å². The number of nitrogens with zero attached hydrogens (tertiary/aromatic N) is 1. The monoisotopic (exact) mass is 212 g/mol. The van der Waals surface area contributed by atoms with Crippen molar-refractivity contribution in [1.29, 1.82) is 0 Å². The molecule has 3 fully saturated rings. The van der Waals surface area contributed by atoms with Crippen LogP contribution in [0.5, 0.6) is 0 Å². The second-order valence-corrected chi connectivity index (χ2v) is 5.60. The first-order valence-corrected chi connectivity index (χ1v) is 5.62. The van der Waals surface area contributed by atoms with Gasteiger partial charge in [-0.2, -0.15) is 0 Å². The molecule has 0 aromatic rings. The maximum absolute atomic E-state index is 11.8. The quantitative estimate of drug-likeness (QED) is 0.710. The number of carbonyl (C=O) groups is 1. The lowest BCUT2D eigenvalue weighted by molar-refractivity contribution is 0.0207. The van der Waals surface area contributed by atoms with Gasteiger partial charge >= 0.3 is 6.09 Å². The molecule has 1 unspecified atom stereocenters. The lowest BCUT2D eigenvalue weighted by Gasteiger charge is -2.35. The Balaban J connectivity index is 1.94. The summed E-state index contributed by atoms with van der Waals surface area (Å²) in [6, 6.07) is 0.342. The van der Waals surface area contributed by atoms with Crippen LogP contribution in [-0.4, -0.2) is 35.7 Å². The topological polar surface area (TPSA) is 55.6 Å². The molecular weight excluding hydrogens is 192 g/mol. The fraction of sp³-hybridized carbons (Fsp3) is 0.909. The van der Waals surface area contributed by atoms with Gasteiger partial charge in [-0.25, -0.2) is 4.79 Å². The number of ether oxygens (including phenoxy) is 1. The molecule has 15 heavy (non-hydrogen) atoms. The Labute approximate surface area is 90.8 Å². The Bertz CT molecular complexity index is 272. The van der Waals surface area contributed by atoms with E-state index in [1.165, 1.54) is 0 Å². The average Bonchev–Trinajstić information content (AvgIpc) is 2.56. The van der Waals surface area contributed by atoms with Crippen molar-refractivity contribution in [3.05, 3.63) is 0 Å². The predicted octanol–water partition coefficient (Wildman–Crippen LogP) is 1.20. The molecule has 0 aromatic carbocycles. The smallest absolute Gasteiger partial charge is 0.410 e. The minimum Gasteiger partial charge on any atom is -0.444 e. The van der Waals surface area contributed by atoms with E-state index >= 15 is 0 Å². The van der Waals surface area contributed by atoms with Gasteiger partial charge in [0.15, 0.2) is 0 Å². The number of hydrogen-bond acceptors (Lipinski definition) is 3. The summed E-state index contributed by atoms with van der Waals surface area (Å²) >= 11 is 0. The van der Waals surface area contributed by atoms with E-state index in [2.05, 4.69) is 0 Å². The number of amides is 1. The molecule has 1 aliphatic carbocycles. The minimum absolute atomic E-state index is 0.175. The van der Waals surface area contributed by atoms with Gasteiger partial charge in [-0.15, -0.1) is 0 Å². The summed E-state index contributed by atoms with van der Waals surface area (Å²) in [5.41, 5.74) is 5.26. The summed E-state index contributed by atoms with van der Waals surface area (Å²) in [6.07, 6.45) is 0.937. The van der Waals surface area contributed by atoms with E-state index in [1.807, 2.05) is 25.7 Å². The van der Waals surface area contributed by atoms with Crippen LogP contribution in [0.3, 0.4) is 0 Å². The molecule has 86 valence electrons. The highest BCUT2D eigenvalue weighted by molar-refractivity contribution is 5.69. The van der Waals surface area contributed by atoms with Crippen LogP contribution in [0.15, 0.2) is 0 Å². The van der Waals surface area contributed by atoms with Gasteiger partial charge in [0.05, 0.1) is 0 Å². The third-order valence-electron chi connectivity index (χ3n) is 3.38. The van der Waals surface area contributed by atoms with Gasteiger partial charge in [-0.3, -0.25) is 0 Å². The van der Waals surface area contributed by atoms with Crippen molar-refractivity contribution in [2.75, 3.05) is 13.1 Å². The molecular formula is C11H20N2O2. The molecule has 4 nitrogen and oxygen atoms in total. The minimum atomic E-state index is -0.401. The highest BCUT2D eigenvalue weighted by atomic mass is 16.6. The summed E-state index contributed by atoms with van der Waals surface area (Å²) in [4.78, 5) is 13.7. The van der Waals surface area contributed by atoms with E-state index in [9.17, 15) is 4.79 Å². The van der Waals surface area contributed by atoms with Crippen molar-refractivity contribution < 1.29 is 9.53 Å². The lowest BCUT2D eigenvalue weighted by atomic mass is 9.74.